The van der Waals surface area contributed by atoms with Crippen molar-refractivity contribution in [3.05, 3.63) is 40.3 Å². The van der Waals surface area contributed by atoms with Crippen molar-refractivity contribution in [3.8, 4) is 0 Å². The van der Waals surface area contributed by atoms with Gasteiger partial charge in [0.1, 0.15) is 0 Å². The number of ketones is 1. The molecule has 138 valence electrons. The number of rotatable bonds is 4. The summed E-state index contributed by atoms with van der Waals surface area (Å²) in [6.45, 7) is 3.01. The molecule has 26 heavy (non-hydrogen) atoms. The molecule has 1 aliphatic carbocycles. The van der Waals surface area contributed by atoms with Gasteiger partial charge in [-0.25, -0.2) is 0 Å². The second-order valence-corrected chi connectivity index (χ2v) is 8.37. The SMILES string of the molecule is CC(=O)c1cc(CC(=O)N2C[C@H]3C[C@@H](n4cccn4)[C@H](O)C[C@H]3C2)cs1. The lowest BCUT2D eigenvalue weighted by Gasteiger charge is -2.35. The first-order valence-electron chi connectivity index (χ1n) is 9.04. The maximum atomic E-state index is 12.7. The van der Waals surface area contributed by atoms with Crippen molar-refractivity contribution >= 4 is 23.0 Å². The van der Waals surface area contributed by atoms with Gasteiger partial charge in [-0.15, -0.1) is 11.3 Å². The molecule has 2 aromatic heterocycles. The highest BCUT2D eigenvalue weighted by molar-refractivity contribution is 7.12. The summed E-state index contributed by atoms with van der Waals surface area (Å²) in [6.07, 6.45) is 5.13. The van der Waals surface area contributed by atoms with E-state index in [0.717, 1.165) is 25.1 Å². The van der Waals surface area contributed by atoms with E-state index in [1.165, 1.54) is 11.3 Å². The molecule has 0 bridgehead atoms. The van der Waals surface area contributed by atoms with Crippen LogP contribution in [0.5, 0.6) is 0 Å². The fourth-order valence-corrected chi connectivity index (χ4v) is 5.13. The summed E-state index contributed by atoms with van der Waals surface area (Å²) in [5.41, 5.74) is 0.912. The first kappa shape index (κ1) is 17.4. The number of nitrogens with zero attached hydrogens (tertiary/aromatic N) is 3. The standard InChI is InChI=1S/C19H23N3O3S/c1-12(23)18-5-13(11-26-18)6-19(25)21-9-14-7-16(22-4-2-3-20-22)17(24)8-15(14)10-21/h2-5,11,14-17,24H,6-10H2,1H3/t14-,15+,16-,17-/m1/s1. The van der Waals surface area contributed by atoms with Crippen molar-refractivity contribution < 1.29 is 14.7 Å². The van der Waals surface area contributed by atoms with E-state index in [-0.39, 0.29) is 17.7 Å². The highest BCUT2D eigenvalue weighted by Gasteiger charge is 2.43. The average molecular weight is 373 g/mol. The number of thiophene rings is 1. The average Bonchev–Trinajstić information content (AvgIpc) is 3.33. The molecule has 1 aliphatic heterocycles. The third-order valence-electron chi connectivity index (χ3n) is 5.68. The maximum Gasteiger partial charge on any atom is 0.227 e. The van der Waals surface area contributed by atoms with E-state index in [0.29, 0.717) is 29.6 Å². The third-order valence-corrected chi connectivity index (χ3v) is 6.76. The number of likely N-dealkylation sites (tertiary alicyclic amines) is 1. The molecule has 4 atom stereocenters. The minimum absolute atomic E-state index is 0.00343. The van der Waals surface area contributed by atoms with Crippen LogP contribution in [0.25, 0.3) is 0 Å². The van der Waals surface area contributed by atoms with Gasteiger partial charge in [-0.3, -0.25) is 14.3 Å². The van der Waals surface area contributed by atoms with Crippen LogP contribution in [0.15, 0.2) is 29.9 Å². The van der Waals surface area contributed by atoms with Crippen LogP contribution in [0.3, 0.4) is 0 Å². The van der Waals surface area contributed by atoms with E-state index in [1.54, 1.807) is 13.1 Å². The van der Waals surface area contributed by atoms with E-state index >= 15 is 0 Å². The summed E-state index contributed by atoms with van der Waals surface area (Å²) in [5.74, 6) is 0.916. The smallest absolute Gasteiger partial charge is 0.227 e. The molecular formula is C19H23N3O3S. The van der Waals surface area contributed by atoms with Gasteiger partial charge in [0.05, 0.1) is 23.4 Å². The Balaban J connectivity index is 1.39. The monoisotopic (exact) mass is 373 g/mol. The first-order chi connectivity index (χ1) is 12.5. The molecule has 0 unspecified atom stereocenters. The van der Waals surface area contributed by atoms with Crippen molar-refractivity contribution in [1.29, 1.82) is 0 Å². The summed E-state index contributed by atoms with van der Waals surface area (Å²) in [5, 5.41) is 16.7. The number of Topliss-reactive ketones (excluding diaryl/α,β-unsaturated/α-hetero) is 1. The Morgan fingerprint density at radius 2 is 2.08 bits per heavy atom. The molecule has 4 rings (SSSR count). The number of fused-ring (bicyclic) bond motifs is 1. The Morgan fingerprint density at radius 1 is 1.31 bits per heavy atom. The van der Waals surface area contributed by atoms with Gasteiger partial charge >= 0.3 is 0 Å². The molecule has 3 heterocycles. The highest BCUT2D eigenvalue weighted by atomic mass is 32.1. The second-order valence-electron chi connectivity index (χ2n) is 7.46. The number of aromatic nitrogens is 2. The first-order valence-corrected chi connectivity index (χ1v) is 9.92. The molecule has 2 aliphatic rings. The fourth-order valence-electron chi connectivity index (χ4n) is 4.31. The molecule has 7 heteroatoms. The number of carbonyl (C=O) groups is 2. The van der Waals surface area contributed by atoms with Crippen LogP contribution < -0.4 is 0 Å². The minimum atomic E-state index is -0.416. The van der Waals surface area contributed by atoms with E-state index in [2.05, 4.69) is 5.10 Å². The summed E-state index contributed by atoms with van der Waals surface area (Å²) in [6, 6.07) is 3.70. The zero-order chi connectivity index (χ0) is 18.3. The molecule has 0 radical (unpaired) electrons. The topological polar surface area (TPSA) is 75.4 Å². The zero-order valence-corrected chi connectivity index (χ0v) is 15.6. The van der Waals surface area contributed by atoms with Crippen LogP contribution in [0, 0.1) is 11.8 Å². The molecule has 1 saturated heterocycles. The molecule has 1 saturated carbocycles. The second kappa shape index (κ2) is 6.96. The van der Waals surface area contributed by atoms with Gasteiger partial charge in [0.15, 0.2) is 5.78 Å². The molecule has 0 spiro atoms. The van der Waals surface area contributed by atoms with Gasteiger partial charge < -0.3 is 10.0 Å². The lowest BCUT2D eigenvalue weighted by Crippen LogP contribution is -2.36. The van der Waals surface area contributed by atoms with Crippen molar-refractivity contribution in [1.82, 2.24) is 14.7 Å². The van der Waals surface area contributed by atoms with Gasteiger partial charge in [-0.2, -0.15) is 5.10 Å². The van der Waals surface area contributed by atoms with Gasteiger partial charge in [-0.1, -0.05) is 0 Å². The molecule has 6 nitrogen and oxygen atoms in total. The van der Waals surface area contributed by atoms with Crippen LogP contribution in [-0.2, 0) is 11.2 Å². The lowest BCUT2D eigenvalue weighted by atomic mass is 9.77. The molecule has 2 fully saturated rings. The van der Waals surface area contributed by atoms with Gasteiger partial charge in [0, 0.05) is 25.5 Å². The number of aliphatic hydroxyl groups excluding tert-OH is 1. The van der Waals surface area contributed by atoms with Crippen molar-refractivity contribution in [3.63, 3.8) is 0 Å². The van der Waals surface area contributed by atoms with E-state index < -0.39 is 6.10 Å². The van der Waals surface area contributed by atoms with Crippen LogP contribution in [0.4, 0.5) is 0 Å². The molecular weight excluding hydrogens is 350 g/mol. The van der Waals surface area contributed by atoms with E-state index in [9.17, 15) is 14.7 Å². The normalized spacial score (nSPS) is 28.2. The summed E-state index contributed by atoms with van der Waals surface area (Å²) in [7, 11) is 0. The Bertz CT molecular complexity index is 801. The van der Waals surface area contributed by atoms with Gasteiger partial charge in [-0.05, 0) is 54.7 Å². The predicted octanol–water partition coefficient (Wildman–Crippen LogP) is 2.16. The Labute approximate surface area is 156 Å². The van der Waals surface area contributed by atoms with E-state index in [4.69, 9.17) is 0 Å². The van der Waals surface area contributed by atoms with Crippen molar-refractivity contribution in [2.45, 2.75) is 38.3 Å². The quantitative estimate of drug-likeness (QED) is 0.834. The number of carbonyl (C=O) groups excluding carboxylic acids is 2. The van der Waals surface area contributed by atoms with Crippen LogP contribution in [0.2, 0.25) is 0 Å². The summed E-state index contributed by atoms with van der Waals surface area (Å²) >= 11 is 1.40. The largest absolute Gasteiger partial charge is 0.391 e. The minimum Gasteiger partial charge on any atom is -0.391 e. The van der Waals surface area contributed by atoms with Crippen molar-refractivity contribution in [2.75, 3.05) is 13.1 Å². The van der Waals surface area contributed by atoms with Crippen LogP contribution in [-0.4, -0.2) is 50.7 Å². The zero-order valence-electron chi connectivity index (χ0n) is 14.7. The number of hydrogen-bond acceptors (Lipinski definition) is 5. The number of aliphatic hydroxyl groups is 1. The molecule has 2 aromatic rings. The van der Waals surface area contributed by atoms with E-state index in [1.807, 2.05) is 33.3 Å². The van der Waals surface area contributed by atoms with Crippen LogP contribution >= 0.6 is 11.3 Å². The fraction of sp³-hybridized carbons (Fsp3) is 0.526. The highest BCUT2D eigenvalue weighted by Crippen LogP contribution is 2.41. The number of hydrogen-bond donors (Lipinski definition) is 1. The van der Waals surface area contributed by atoms with Crippen molar-refractivity contribution in [2.24, 2.45) is 11.8 Å². The third kappa shape index (κ3) is 3.33. The number of amides is 1. The predicted molar refractivity (Wildman–Crippen MR) is 98.1 cm³/mol. The lowest BCUT2D eigenvalue weighted by molar-refractivity contribution is -0.129. The Morgan fingerprint density at radius 3 is 2.73 bits per heavy atom. The molecule has 0 aromatic carbocycles. The van der Waals surface area contributed by atoms with Gasteiger partial charge in [0.2, 0.25) is 5.91 Å². The van der Waals surface area contributed by atoms with Crippen LogP contribution in [0.1, 0.15) is 41.0 Å². The maximum absolute atomic E-state index is 12.7. The molecule has 1 N–H and O–H groups in total. The van der Waals surface area contributed by atoms with Gasteiger partial charge in [0.25, 0.3) is 0 Å². The summed E-state index contributed by atoms with van der Waals surface area (Å²) in [4.78, 5) is 26.7. The summed E-state index contributed by atoms with van der Waals surface area (Å²) < 4.78 is 1.85. The molecule has 1 amide bonds. The Hall–Kier alpha value is -1.99. The Kier molecular flexibility index (Phi) is 4.67.